The third kappa shape index (κ3) is 4.37. The number of phenolic OH excluding ortho intramolecular Hbond substituents is 1. The highest BCUT2D eigenvalue weighted by Crippen LogP contribution is 2.36. The Hall–Kier alpha value is -2.79. The Bertz CT molecular complexity index is 959. The molecule has 144 valence electrons. The van der Waals surface area contributed by atoms with Crippen molar-refractivity contribution in [1.29, 1.82) is 0 Å². The lowest BCUT2D eigenvalue weighted by Gasteiger charge is -2.13. The highest BCUT2D eigenvalue weighted by atomic mass is 32.2. The summed E-state index contributed by atoms with van der Waals surface area (Å²) in [6.45, 7) is 10.3. The summed E-state index contributed by atoms with van der Waals surface area (Å²) in [4.78, 5) is 19.6. The van der Waals surface area contributed by atoms with Crippen LogP contribution in [0.4, 0.5) is 5.69 Å². The maximum Gasteiger partial charge on any atom is 0.267 e. The number of hydrogen-bond acceptors (Lipinski definition) is 4. The molecule has 28 heavy (non-hydrogen) atoms. The third-order valence-corrected chi connectivity index (χ3v) is 5.45. The Morgan fingerprint density at radius 2 is 1.93 bits per heavy atom. The molecule has 2 aromatic carbocycles. The molecule has 0 aliphatic carbocycles. The van der Waals surface area contributed by atoms with Gasteiger partial charge in [-0.1, -0.05) is 50.3 Å². The van der Waals surface area contributed by atoms with E-state index in [1.165, 1.54) is 17.3 Å². The highest BCUT2D eigenvalue weighted by Gasteiger charge is 2.32. The molecular formula is C23H24N2O2S. The zero-order valence-electron chi connectivity index (χ0n) is 16.3. The van der Waals surface area contributed by atoms with Crippen LogP contribution in [0.25, 0.3) is 6.08 Å². The maximum absolute atomic E-state index is 12.9. The second-order valence-corrected chi connectivity index (χ2v) is 8.03. The molecule has 0 aromatic heterocycles. The van der Waals surface area contributed by atoms with Gasteiger partial charge in [0, 0.05) is 6.54 Å². The first kappa shape index (κ1) is 20.0. The summed E-state index contributed by atoms with van der Waals surface area (Å²) in [5, 5.41) is 10.7. The number of carbonyl (C=O) groups is 1. The summed E-state index contributed by atoms with van der Waals surface area (Å²) in [6.07, 6.45) is 3.55. The minimum Gasteiger partial charge on any atom is -0.506 e. The van der Waals surface area contributed by atoms with E-state index >= 15 is 0 Å². The zero-order chi connectivity index (χ0) is 20.3. The monoisotopic (exact) mass is 392 g/mol. The summed E-state index contributed by atoms with van der Waals surface area (Å²) in [6, 6.07) is 13.5. The third-order valence-electron chi connectivity index (χ3n) is 4.45. The number of thioether (sulfide) groups is 1. The first-order chi connectivity index (χ1) is 13.4. The molecule has 1 amide bonds. The van der Waals surface area contributed by atoms with Crippen molar-refractivity contribution in [2.24, 2.45) is 4.99 Å². The van der Waals surface area contributed by atoms with Crippen molar-refractivity contribution in [3.8, 4) is 5.75 Å². The molecule has 1 aliphatic rings. The number of aliphatic imine (C=N–C) groups is 1. The second-order valence-electron chi connectivity index (χ2n) is 7.02. The minimum absolute atomic E-state index is 0.0980. The highest BCUT2D eigenvalue weighted by molar-refractivity contribution is 8.18. The fourth-order valence-corrected chi connectivity index (χ4v) is 3.84. The van der Waals surface area contributed by atoms with Gasteiger partial charge in [-0.25, -0.2) is 4.99 Å². The number of carbonyl (C=O) groups excluding carboxylic acids is 1. The summed E-state index contributed by atoms with van der Waals surface area (Å²) in [5.41, 5.74) is 3.62. The normalized spacial score (nSPS) is 17.1. The first-order valence-corrected chi connectivity index (χ1v) is 10.0. The average Bonchev–Trinajstić information content (AvgIpc) is 2.94. The maximum atomic E-state index is 12.9. The molecule has 0 atom stereocenters. The number of hydrogen-bond donors (Lipinski definition) is 1. The molecule has 0 radical (unpaired) electrons. The number of aryl methyl sites for hydroxylation is 1. The van der Waals surface area contributed by atoms with E-state index in [4.69, 9.17) is 0 Å². The quantitative estimate of drug-likeness (QED) is 0.531. The Labute approximate surface area is 170 Å². The van der Waals surface area contributed by atoms with E-state index in [1.807, 2.05) is 31.2 Å². The van der Waals surface area contributed by atoms with E-state index < -0.39 is 0 Å². The minimum atomic E-state index is -0.108. The van der Waals surface area contributed by atoms with Gasteiger partial charge in [0.1, 0.15) is 11.4 Å². The predicted molar refractivity (Wildman–Crippen MR) is 118 cm³/mol. The van der Waals surface area contributed by atoms with Crippen LogP contribution in [0.3, 0.4) is 0 Å². The van der Waals surface area contributed by atoms with Crippen LogP contribution in [-0.2, 0) is 4.79 Å². The fraction of sp³-hybridized carbons (Fsp3) is 0.217. The summed E-state index contributed by atoms with van der Waals surface area (Å²) in [7, 11) is 0. The summed E-state index contributed by atoms with van der Waals surface area (Å²) < 4.78 is 0. The molecule has 0 unspecified atom stereocenters. The van der Waals surface area contributed by atoms with Crippen LogP contribution in [0, 0.1) is 6.92 Å². The van der Waals surface area contributed by atoms with Crippen LogP contribution in [0.1, 0.15) is 36.5 Å². The van der Waals surface area contributed by atoms with E-state index in [0.29, 0.717) is 28.2 Å². The van der Waals surface area contributed by atoms with Crippen molar-refractivity contribution in [3.63, 3.8) is 0 Å². The lowest BCUT2D eigenvalue weighted by atomic mass is 10.0. The number of aromatic hydroxyl groups is 1. The Balaban J connectivity index is 1.93. The summed E-state index contributed by atoms with van der Waals surface area (Å²) in [5.74, 6) is 0.456. The Kier molecular flexibility index (Phi) is 6.05. The van der Waals surface area contributed by atoms with Gasteiger partial charge in [-0.05, 0) is 59.5 Å². The molecule has 1 heterocycles. The molecule has 2 aromatic rings. The van der Waals surface area contributed by atoms with Crippen LogP contribution >= 0.6 is 11.8 Å². The SMILES string of the molecule is C=CCN1C(=O)/C(=C/c2ccc(C(C)C)cc2)SC1=Nc1ccc(C)cc1O. The molecule has 0 spiro atoms. The number of nitrogens with zero attached hydrogens (tertiary/aromatic N) is 2. The Morgan fingerprint density at radius 3 is 2.54 bits per heavy atom. The van der Waals surface area contributed by atoms with Crippen molar-refractivity contribution in [2.45, 2.75) is 26.7 Å². The molecule has 1 saturated heterocycles. The van der Waals surface area contributed by atoms with Crippen molar-refractivity contribution < 1.29 is 9.90 Å². The lowest BCUT2D eigenvalue weighted by molar-refractivity contribution is -0.121. The van der Waals surface area contributed by atoms with Gasteiger partial charge in [0.25, 0.3) is 5.91 Å². The van der Waals surface area contributed by atoms with Crippen molar-refractivity contribution in [1.82, 2.24) is 4.90 Å². The lowest BCUT2D eigenvalue weighted by Crippen LogP contribution is -2.29. The average molecular weight is 393 g/mol. The van der Waals surface area contributed by atoms with Crippen LogP contribution in [0.2, 0.25) is 0 Å². The van der Waals surface area contributed by atoms with E-state index in [1.54, 1.807) is 23.1 Å². The van der Waals surface area contributed by atoms with Gasteiger partial charge in [-0.3, -0.25) is 9.69 Å². The number of benzene rings is 2. The van der Waals surface area contributed by atoms with Crippen molar-refractivity contribution in [2.75, 3.05) is 6.54 Å². The molecule has 1 N–H and O–H groups in total. The van der Waals surface area contributed by atoms with Crippen LogP contribution in [0.15, 0.2) is 65.0 Å². The molecule has 3 rings (SSSR count). The molecular weight excluding hydrogens is 368 g/mol. The Morgan fingerprint density at radius 1 is 1.21 bits per heavy atom. The number of amidine groups is 1. The standard InChI is InChI=1S/C23H24N2O2S/c1-5-12-25-22(27)21(14-17-7-9-18(10-8-17)15(2)3)28-23(25)24-19-11-6-16(4)13-20(19)26/h5-11,13-15,26H,1,12H2,2-4H3/b21-14-,24-23?. The van der Waals surface area contributed by atoms with Crippen LogP contribution in [0.5, 0.6) is 5.75 Å². The molecule has 0 bridgehead atoms. The van der Waals surface area contributed by atoms with Crippen molar-refractivity contribution in [3.05, 3.63) is 76.7 Å². The molecule has 0 saturated carbocycles. The number of amides is 1. The number of rotatable bonds is 5. The van der Waals surface area contributed by atoms with Gasteiger partial charge in [-0.15, -0.1) is 6.58 Å². The predicted octanol–water partition coefficient (Wildman–Crippen LogP) is 5.61. The topological polar surface area (TPSA) is 52.9 Å². The van der Waals surface area contributed by atoms with E-state index in [0.717, 1.165) is 11.1 Å². The fourth-order valence-electron chi connectivity index (χ4n) is 2.84. The number of phenols is 1. The van der Waals surface area contributed by atoms with Gasteiger partial charge in [0.15, 0.2) is 5.17 Å². The van der Waals surface area contributed by atoms with Gasteiger partial charge in [-0.2, -0.15) is 0 Å². The van der Waals surface area contributed by atoms with Gasteiger partial charge in [0.2, 0.25) is 0 Å². The smallest absolute Gasteiger partial charge is 0.267 e. The van der Waals surface area contributed by atoms with Crippen LogP contribution < -0.4 is 0 Å². The summed E-state index contributed by atoms with van der Waals surface area (Å²) >= 11 is 1.31. The largest absolute Gasteiger partial charge is 0.506 e. The molecule has 1 fully saturated rings. The molecule has 5 heteroatoms. The second kappa shape index (κ2) is 8.48. The van der Waals surface area contributed by atoms with Crippen LogP contribution in [-0.4, -0.2) is 27.6 Å². The van der Waals surface area contributed by atoms with Gasteiger partial charge in [0.05, 0.1) is 4.91 Å². The van der Waals surface area contributed by atoms with Gasteiger partial charge < -0.3 is 5.11 Å². The van der Waals surface area contributed by atoms with E-state index in [2.05, 4.69) is 37.6 Å². The first-order valence-electron chi connectivity index (χ1n) is 9.19. The molecule has 4 nitrogen and oxygen atoms in total. The zero-order valence-corrected chi connectivity index (χ0v) is 17.2. The van der Waals surface area contributed by atoms with E-state index in [9.17, 15) is 9.90 Å². The van der Waals surface area contributed by atoms with E-state index in [-0.39, 0.29) is 11.7 Å². The molecule has 1 aliphatic heterocycles. The van der Waals surface area contributed by atoms with Gasteiger partial charge >= 0.3 is 0 Å². The van der Waals surface area contributed by atoms with Crippen molar-refractivity contribution >= 4 is 34.6 Å².